The fraction of sp³-hybridized carbons (Fsp3) is 0.471. The van der Waals surface area contributed by atoms with E-state index in [9.17, 15) is 14.4 Å². The summed E-state index contributed by atoms with van der Waals surface area (Å²) in [6.07, 6.45) is 0.604. The van der Waals surface area contributed by atoms with Crippen LogP contribution >= 0.6 is 0 Å². The second-order valence-corrected chi connectivity index (χ2v) is 5.55. The fourth-order valence-electron chi connectivity index (χ4n) is 2.29. The average molecular weight is 335 g/mol. The van der Waals surface area contributed by atoms with E-state index in [0.717, 1.165) is 5.56 Å². The van der Waals surface area contributed by atoms with Crippen LogP contribution in [0, 0.1) is 0 Å². The molecule has 7 heteroatoms. The van der Waals surface area contributed by atoms with Crippen molar-refractivity contribution in [2.75, 3.05) is 0 Å². The van der Waals surface area contributed by atoms with E-state index in [0.29, 0.717) is 12.8 Å². The van der Waals surface area contributed by atoms with Gasteiger partial charge in [0.25, 0.3) is 0 Å². The molecule has 3 atom stereocenters. The van der Waals surface area contributed by atoms with Gasteiger partial charge < -0.3 is 21.5 Å². The van der Waals surface area contributed by atoms with Crippen LogP contribution in [0.1, 0.15) is 44.7 Å². The Kier molecular flexibility index (Phi) is 7.91. The van der Waals surface area contributed by atoms with Crippen LogP contribution in [0.3, 0.4) is 0 Å². The number of carboxylic acid groups (broad SMARTS) is 1. The van der Waals surface area contributed by atoms with Gasteiger partial charge in [-0.15, -0.1) is 0 Å². The zero-order chi connectivity index (χ0) is 18.1. The lowest BCUT2D eigenvalue weighted by molar-refractivity contribution is -0.139. The number of carboxylic acids is 1. The van der Waals surface area contributed by atoms with Gasteiger partial charge in [-0.1, -0.05) is 44.2 Å². The highest BCUT2D eigenvalue weighted by molar-refractivity contribution is 5.91. The minimum atomic E-state index is -1.18. The van der Waals surface area contributed by atoms with Crippen molar-refractivity contribution in [1.82, 2.24) is 10.6 Å². The third kappa shape index (κ3) is 6.00. The lowest BCUT2D eigenvalue weighted by Gasteiger charge is -2.23. The molecule has 1 unspecified atom stereocenters. The van der Waals surface area contributed by atoms with E-state index in [4.69, 9.17) is 10.8 Å². The Morgan fingerprint density at radius 2 is 1.67 bits per heavy atom. The van der Waals surface area contributed by atoms with Crippen LogP contribution in [0.25, 0.3) is 0 Å². The first-order valence-electron chi connectivity index (χ1n) is 8.02. The molecule has 0 aliphatic carbocycles. The van der Waals surface area contributed by atoms with Gasteiger partial charge in [0.2, 0.25) is 11.8 Å². The molecule has 0 fully saturated rings. The molecule has 0 radical (unpaired) electrons. The summed E-state index contributed by atoms with van der Waals surface area (Å²) in [6.45, 7) is 3.72. The van der Waals surface area contributed by atoms with E-state index < -0.39 is 30.4 Å². The number of nitrogens with two attached hydrogens (primary N) is 1. The molecule has 1 aromatic rings. The van der Waals surface area contributed by atoms with Crippen molar-refractivity contribution >= 4 is 17.8 Å². The van der Waals surface area contributed by atoms with E-state index in [1.807, 2.05) is 37.3 Å². The molecule has 0 heterocycles. The number of hydrogen-bond donors (Lipinski definition) is 4. The van der Waals surface area contributed by atoms with Crippen LogP contribution in [0.2, 0.25) is 0 Å². The van der Waals surface area contributed by atoms with Crippen LogP contribution in [0.15, 0.2) is 30.3 Å². The van der Waals surface area contributed by atoms with Crippen molar-refractivity contribution in [3.8, 4) is 0 Å². The molecule has 0 aliphatic rings. The predicted molar refractivity (Wildman–Crippen MR) is 90.1 cm³/mol. The van der Waals surface area contributed by atoms with Gasteiger partial charge in [0.15, 0.2) is 0 Å². The van der Waals surface area contributed by atoms with Crippen molar-refractivity contribution in [2.45, 2.75) is 51.2 Å². The van der Waals surface area contributed by atoms with Gasteiger partial charge in [0.1, 0.15) is 6.04 Å². The first-order chi connectivity index (χ1) is 11.4. The highest BCUT2D eigenvalue weighted by Gasteiger charge is 2.25. The number of nitrogens with one attached hydrogen (secondary N) is 2. The minimum Gasteiger partial charge on any atom is -0.481 e. The Labute approximate surface area is 141 Å². The topological polar surface area (TPSA) is 122 Å². The highest BCUT2D eigenvalue weighted by Crippen LogP contribution is 2.16. The molecule has 0 bridgehead atoms. The van der Waals surface area contributed by atoms with Gasteiger partial charge in [0, 0.05) is 0 Å². The fourth-order valence-corrected chi connectivity index (χ4v) is 2.29. The Morgan fingerprint density at radius 1 is 1.04 bits per heavy atom. The molecule has 24 heavy (non-hydrogen) atoms. The minimum absolute atomic E-state index is 0.155. The van der Waals surface area contributed by atoms with Crippen LogP contribution in [0.5, 0.6) is 0 Å². The monoisotopic (exact) mass is 335 g/mol. The molecule has 1 rings (SSSR count). The van der Waals surface area contributed by atoms with Crippen LogP contribution in [-0.4, -0.2) is 35.0 Å². The number of carbonyl (C=O) groups excluding carboxylic acids is 2. The molecular weight excluding hydrogens is 310 g/mol. The van der Waals surface area contributed by atoms with Crippen molar-refractivity contribution in [3.05, 3.63) is 35.9 Å². The van der Waals surface area contributed by atoms with Gasteiger partial charge in [-0.25, -0.2) is 0 Å². The van der Waals surface area contributed by atoms with Crippen molar-refractivity contribution in [1.29, 1.82) is 0 Å². The summed E-state index contributed by atoms with van der Waals surface area (Å²) in [5.41, 5.74) is 6.50. The maximum atomic E-state index is 12.4. The Bertz CT molecular complexity index is 562. The van der Waals surface area contributed by atoms with Crippen LogP contribution in [-0.2, 0) is 14.4 Å². The highest BCUT2D eigenvalue weighted by atomic mass is 16.4. The maximum absolute atomic E-state index is 12.4. The summed E-state index contributed by atoms with van der Waals surface area (Å²) >= 11 is 0. The smallest absolute Gasteiger partial charge is 0.305 e. The van der Waals surface area contributed by atoms with E-state index in [2.05, 4.69) is 10.6 Å². The molecule has 132 valence electrons. The Morgan fingerprint density at radius 3 is 2.17 bits per heavy atom. The lowest BCUT2D eigenvalue weighted by atomic mass is 10.0. The van der Waals surface area contributed by atoms with Gasteiger partial charge in [0.05, 0.1) is 18.5 Å². The number of amides is 2. The van der Waals surface area contributed by atoms with E-state index in [-0.39, 0.29) is 11.9 Å². The number of hydrogen-bond acceptors (Lipinski definition) is 4. The van der Waals surface area contributed by atoms with E-state index in [1.165, 1.54) is 0 Å². The van der Waals surface area contributed by atoms with Gasteiger partial charge in [-0.05, 0) is 18.4 Å². The number of benzene rings is 1. The molecule has 0 aliphatic heterocycles. The third-order valence-electron chi connectivity index (χ3n) is 3.70. The Hall–Kier alpha value is -2.41. The molecular formula is C17H25N3O4. The zero-order valence-corrected chi connectivity index (χ0v) is 14.0. The molecule has 0 spiro atoms. The van der Waals surface area contributed by atoms with Crippen molar-refractivity contribution in [2.24, 2.45) is 5.73 Å². The van der Waals surface area contributed by atoms with Gasteiger partial charge in [-0.3, -0.25) is 14.4 Å². The summed E-state index contributed by atoms with van der Waals surface area (Å²) in [7, 11) is 0. The molecule has 0 saturated carbocycles. The molecule has 1 aromatic carbocycles. The quantitative estimate of drug-likeness (QED) is 0.535. The summed E-state index contributed by atoms with van der Waals surface area (Å²) in [6, 6.07) is 7.46. The first kappa shape index (κ1) is 19.6. The van der Waals surface area contributed by atoms with Crippen LogP contribution in [0.4, 0.5) is 0 Å². The SMILES string of the molecule is CCC(NC(=O)[C@H](CC)NC(=O)[C@@H](N)CC(=O)O)c1ccccc1. The predicted octanol–water partition coefficient (Wildman–Crippen LogP) is 0.951. The summed E-state index contributed by atoms with van der Waals surface area (Å²) in [4.78, 5) is 34.9. The number of aliphatic carboxylic acids is 1. The molecule has 0 aromatic heterocycles. The number of rotatable bonds is 9. The number of carbonyl (C=O) groups is 3. The van der Waals surface area contributed by atoms with Crippen molar-refractivity contribution < 1.29 is 19.5 Å². The largest absolute Gasteiger partial charge is 0.481 e. The molecule has 2 amide bonds. The summed E-state index contributed by atoms with van der Waals surface area (Å²) < 4.78 is 0. The lowest BCUT2D eigenvalue weighted by Crippen LogP contribution is -2.52. The average Bonchev–Trinajstić information content (AvgIpc) is 2.57. The normalized spacial score (nSPS) is 14.3. The van der Waals surface area contributed by atoms with Crippen LogP contribution < -0.4 is 16.4 Å². The maximum Gasteiger partial charge on any atom is 0.305 e. The van der Waals surface area contributed by atoms with Gasteiger partial charge >= 0.3 is 5.97 Å². The summed E-state index contributed by atoms with van der Waals surface area (Å²) in [5.74, 6) is -2.12. The molecule has 5 N–H and O–H groups in total. The van der Waals surface area contributed by atoms with E-state index in [1.54, 1.807) is 6.92 Å². The second kappa shape index (κ2) is 9.67. The second-order valence-electron chi connectivity index (χ2n) is 5.55. The van der Waals surface area contributed by atoms with Crippen molar-refractivity contribution in [3.63, 3.8) is 0 Å². The van der Waals surface area contributed by atoms with E-state index >= 15 is 0 Å². The standard InChI is InChI=1S/C17H25N3O4/c1-3-13(11-8-6-5-7-9-11)19-17(24)14(4-2)20-16(23)12(18)10-15(21)22/h5-9,12-14H,3-4,10,18H2,1-2H3,(H,19,24)(H,20,23)(H,21,22)/t12-,13?,14-/m0/s1. The third-order valence-corrected chi connectivity index (χ3v) is 3.70. The van der Waals surface area contributed by atoms with Gasteiger partial charge in [-0.2, -0.15) is 0 Å². The summed E-state index contributed by atoms with van der Waals surface area (Å²) in [5, 5.41) is 14.1. The molecule has 0 saturated heterocycles. The Balaban J connectivity index is 2.68. The molecule has 7 nitrogen and oxygen atoms in total. The first-order valence-corrected chi connectivity index (χ1v) is 8.02. The zero-order valence-electron chi connectivity index (χ0n) is 14.0.